The van der Waals surface area contributed by atoms with Crippen LogP contribution in [0.25, 0.3) is 0 Å². The molecule has 0 saturated carbocycles. The summed E-state index contributed by atoms with van der Waals surface area (Å²) in [5.41, 5.74) is 3.17. The summed E-state index contributed by atoms with van der Waals surface area (Å²) < 4.78 is 26.4. The maximum atomic E-state index is 13.4. The van der Waals surface area contributed by atoms with Crippen molar-refractivity contribution in [3.05, 3.63) is 70.8 Å². The van der Waals surface area contributed by atoms with Crippen molar-refractivity contribution in [3.63, 3.8) is 0 Å². The maximum Gasteiger partial charge on any atom is 0.159 e. The molecular formula is C18H21F2N. The van der Waals surface area contributed by atoms with Crippen molar-refractivity contribution in [1.29, 1.82) is 0 Å². The fraction of sp³-hybridized carbons (Fsp3) is 0.333. The molecule has 2 aromatic carbocycles. The molecule has 0 amide bonds. The van der Waals surface area contributed by atoms with Crippen molar-refractivity contribution in [2.24, 2.45) is 0 Å². The highest BCUT2D eigenvalue weighted by Gasteiger charge is 2.13. The molecule has 2 aromatic rings. The molecule has 0 fully saturated rings. The van der Waals surface area contributed by atoms with Crippen LogP contribution in [-0.2, 0) is 6.42 Å². The molecule has 3 heteroatoms. The lowest BCUT2D eigenvalue weighted by atomic mass is 9.97. The molecule has 0 aliphatic heterocycles. The van der Waals surface area contributed by atoms with Gasteiger partial charge in [-0.25, -0.2) is 8.78 Å². The minimum Gasteiger partial charge on any atom is -0.310 e. The van der Waals surface area contributed by atoms with Crippen molar-refractivity contribution >= 4 is 0 Å². The van der Waals surface area contributed by atoms with Crippen LogP contribution in [0.2, 0.25) is 0 Å². The van der Waals surface area contributed by atoms with Crippen LogP contribution < -0.4 is 5.32 Å². The van der Waals surface area contributed by atoms with E-state index in [1.54, 1.807) is 6.07 Å². The lowest BCUT2D eigenvalue weighted by Crippen LogP contribution is -2.24. The Labute approximate surface area is 125 Å². The predicted molar refractivity (Wildman–Crippen MR) is 82.3 cm³/mol. The van der Waals surface area contributed by atoms with Crippen LogP contribution >= 0.6 is 0 Å². The second kappa shape index (κ2) is 7.32. The topological polar surface area (TPSA) is 12.0 Å². The summed E-state index contributed by atoms with van der Waals surface area (Å²) in [7, 11) is 0. The van der Waals surface area contributed by atoms with E-state index in [0.717, 1.165) is 18.5 Å². The van der Waals surface area contributed by atoms with Gasteiger partial charge in [0.25, 0.3) is 0 Å². The Balaban J connectivity index is 2.21. The Hall–Kier alpha value is -1.74. The van der Waals surface area contributed by atoms with Crippen molar-refractivity contribution in [1.82, 2.24) is 5.32 Å². The van der Waals surface area contributed by atoms with Gasteiger partial charge in [-0.3, -0.25) is 0 Å². The fourth-order valence-corrected chi connectivity index (χ4v) is 2.42. The van der Waals surface area contributed by atoms with Crippen LogP contribution in [0.15, 0.2) is 42.5 Å². The van der Waals surface area contributed by atoms with Gasteiger partial charge in [-0.15, -0.1) is 0 Å². The molecule has 112 valence electrons. The van der Waals surface area contributed by atoms with Crippen LogP contribution in [0, 0.1) is 18.6 Å². The van der Waals surface area contributed by atoms with Crippen LogP contribution in [-0.4, -0.2) is 6.54 Å². The van der Waals surface area contributed by atoms with Crippen molar-refractivity contribution in [2.45, 2.75) is 32.7 Å². The van der Waals surface area contributed by atoms with Crippen LogP contribution in [0.4, 0.5) is 8.78 Å². The van der Waals surface area contributed by atoms with Gasteiger partial charge < -0.3 is 5.32 Å². The van der Waals surface area contributed by atoms with E-state index in [1.165, 1.54) is 23.3 Å². The number of hydrogen-bond acceptors (Lipinski definition) is 1. The van der Waals surface area contributed by atoms with Crippen molar-refractivity contribution < 1.29 is 8.78 Å². The van der Waals surface area contributed by atoms with Crippen LogP contribution in [0.1, 0.15) is 36.1 Å². The van der Waals surface area contributed by atoms with Gasteiger partial charge in [0.05, 0.1) is 0 Å². The Morgan fingerprint density at radius 2 is 1.86 bits per heavy atom. The zero-order chi connectivity index (χ0) is 15.2. The largest absolute Gasteiger partial charge is 0.310 e. The molecule has 2 rings (SSSR count). The van der Waals surface area contributed by atoms with Gasteiger partial charge in [0, 0.05) is 6.04 Å². The average molecular weight is 289 g/mol. The normalized spacial score (nSPS) is 12.4. The highest BCUT2D eigenvalue weighted by atomic mass is 19.2. The van der Waals surface area contributed by atoms with Gasteiger partial charge in [0.1, 0.15) is 0 Å². The van der Waals surface area contributed by atoms with Crippen molar-refractivity contribution in [3.8, 4) is 0 Å². The zero-order valence-electron chi connectivity index (χ0n) is 12.5. The molecule has 21 heavy (non-hydrogen) atoms. The van der Waals surface area contributed by atoms with Crippen molar-refractivity contribution in [2.75, 3.05) is 6.54 Å². The second-order valence-corrected chi connectivity index (χ2v) is 5.37. The van der Waals surface area contributed by atoms with E-state index >= 15 is 0 Å². The van der Waals surface area contributed by atoms with Gasteiger partial charge in [0.2, 0.25) is 0 Å². The maximum absolute atomic E-state index is 13.4. The predicted octanol–water partition coefficient (Wildman–Crippen LogP) is 4.56. The van der Waals surface area contributed by atoms with Gasteiger partial charge in [-0.05, 0) is 49.6 Å². The second-order valence-electron chi connectivity index (χ2n) is 5.37. The standard InChI is InChI=1S/C18H21F2N/c1-3-9-21-18(15-6-4-5-13(2)10-15)12-14-7-8-16(19)17(20)11-14/h4-8,10-11,18,21H,3,9,12H2,1-2H3. The van der Waals surface area contributed by atoms with E-state index < -0.39 is 11.6 Å². The first-order valence-electron chi connectivity index (χ1n) is 7.34. The first-order chi connectivity index (χ1) is 10.1. The Morgan fingerprint density at radius 1 is 1.05 bits per heavy atom. The van der Waals surface area contributed by atoms with Gasteiger partial charge >= 0.3 is 0 Å². The first kappa shape index (κ1) is 15.6. The van der Waals surface area contributed by atoms with E-state index in [1.807, 2.05) is 6.07 Å². The molecule has 0 heterocycles. The molecule has 1 nitrogen and oxygen atoms in total. The van der Waals surface area contributed by atoms with E-state index in [4.69, 9.17) is 0 Å². The van der Waals surface area contributed by atoms with Gasteiger partial charge in [-0.2, -0.15) is 0 Å². The molecule has 0 radical (unpaired) electrons. The SMILES string of the molecule is CCCNC(Cc1ccc(F)c(F)c1)c1cccc(C)c1. The lowest BCUT2D eigenvalue weighted by Gasteiger charge is -2.20. The monoisotopic (exact) mass is 289 g/mol. The summed E-state index contributed by atoms with van der Waals surface area (Å²) in [6, 6.07) is 12.5. The number of rotatable bonds is 6. The van der Waals surface area contributed by atoms with E-state index in [9.17, 15) is 8.78 Å². The summed E-state index contributed by atoms with van der Waals surface area (Å²) in [4.78, 5) is 0. The Morgan fingerprint density at radius 3 is 2.52 bits per heavy atom. The van der Waals surface area contributed by atoms with Crippen LogP contribution in [0.5, 0.6) is 0 Å². The molecule has 0 saturated heterocycles. The number of benzene rings is 2. The number of hydrogen-bond donors (Lipinski definition) is 1. The third-order valence-corrected chi connectivity index (χ3v) is 3.51. The molecular weight excluding hydrogens is 268 g/mol. The van der Waals surface area contributed by atoms with E-state index in [-0.39, 0.29) is 6.04 Å². The minimum atomic E-state index is -0.799. The number of halogens is 2. The molecule has 0 aliphatic carbocycles. The van der Waals surface area contributed by atoms with E-state index in [0.29, 0.717) is 6.42 Å². The number of aryl methyl sites for hydroxylation is 1. The zero-order valence-corrected chi connectivity index (χ0v) is 12.5. The van der Waals surface area contributed by atoms with Crippen LogP contribution in [0.3, 0.4) is 0 Å². The molecule has 1 unspecified atom stereocenters. The summed E-state index contributed by atoms with van der Waals surface area (Å²) in [6.07, 6.45) is 1.67. The third kappa shape index (κ3) is 4.36. The molecule has 1 N–H and O–H groups in total. The minimum absolute atomic E-state index is 0.106. The van der Waals surface area contributed by atoms with E-state index in [2.05, 4.69) is 37.4 Å². The molecule has 0 aliphatic rings. The third-order valence-electron chi connectivity index (χ3n) is 3.51. The fourth-order valence-electron chi connectivity index (χ4n) is 2.42. The smallest absolute Gasteiger partial charge is 0.159 e. The molecule has 0 bridgehead atoms. The highest BCUT2D eigenvalue weighted by Crippen LogP contribution is 2.21. The molecule has 1 atom stereocenters. The average Bonchev–Trinajstić information content (AvgIpc) is 2.47. The summed E-state index contributed by atoms with van der Waals surface area (Å²) in [5.74, 6) is -1.58. The van der Waals surface area contributed by atoms with Gasteiger partial charge in [0.15, 0.2) is 11.6 Å². The summed E-state index contributed by atoms with van der Waals surface area (Å²) >= 11 is 0. The quantitative estimate of drug-likeness (QED) is 0.822. The Bertz CT molecular complexity index is 596. The highest BCUT2D eigenvalue weighted by molar-refractivity contribution is 5.28. The summed E-state index contributed by atoms with van der Waals surface area (Å²) in [6.45, 7) is 5.05. The molecule has 0 aromatic heterocycles. The summed E-state index contributed by atoms with van der Waals surface area (Å²) in [5, 5.41) is 3.48. The van der Waals surface area contributed by atoms with Gasteiger partial charge in [-0.1, -0.05) is 42.8 Å². The number of nitrogens with one attached hydrogen (secondary N) is 1. The lowest BCUT2D eigenvalue weighted by molar-refractivity contribution is 0.500. The molecule has 0 spiro atoms. The Kier molecular flexibility index (Phi) is 5.45. The first-order valence-corrected chi connectivity index (χ1v) is 7.34.